The molecule has 0 atom stereocenters. The Balaban J connectivity index is 1.76. The molecule has 0 saturated heterocycles. The minimum absolute atomic E-state index is 0.0285. The van der Waals surface area contributed by atoms with Crippen molar-refractivity contribution < 1.29 is 14.3 Å². The molecule has 0 saturated carbocycles. The van der Waals surface area contributed by atoms with Crippen molar-refractivity contribution in [3.63, 3.8) is 0 Å². The van der Waals surface area contributed by atoms with Crippen LogP contribution >= 0.6 is 0 Å². The molecular formula is C18H26N6O3. The van der Waals surface area contributed by atoms with Gasteiger partial charge in [-0.25, -0.2) is 0 Å². The summed E-state index contributed by atoms with van der Waals surface area (Å²) in [7, 11) is 3.40. The fourth-order valence-electron chi connectivity index (χ4n) is 3.14. The SMILES string of the molecule is CC(C)n1nc(COCC(=O)N(C)C)c2c1CN(C(=O)c1ccn[nH]1)CC2. The van der Waals surface area contributed by atoms with E-state index in [1.807, 2.05) is 4.68 Å². The molecule has 3 heterocycles. The summed E-state index contributed by atoms with van der Waals surface area (Å²) in [4.78, 5) is 27.6. The van der Waals surface area contributed by atoms with E-state index in [-0.39, 0.29) is 31.1 Å². The third kappa shape index (κ3) is 4.02. The average Bonchev–Trinajstić information content (AvgIpc) is 3.28. The van der Waals surface area contributed by atoms with Crippen molar-refractivity contribution >= 4 is 11.8 Å². The molecule has 0 spiro atoms. The predicted octanol–water partition coefficient (Wildman–Crippen LogP) is 0.990. The zero-order chi connectivity index (χ0) is 19.6. The Morgan fingerprint density at radius 3 is 2.78 bits per heavy atom. The lowest BCUT2D eigenvalue weighted by atomic mass is 10.0. The van der Waals surface area contributed by atoms with E-state index in [4.69, 9.17) is 9.84 Å². The summed E-state index contributed by atoms with van der Waals surface area (Å²) in [6.45, 7) is 5.54. The monoisotopic (exact) mass is 374 g/mol. The molecule has 0 aromatic carbocycles. The number of likely N-dealkylation sites (N-methyl/N-ethyl adjacent to an activating group) is 1. The van der Waals surface area contributed by atoms with Gasteiger partial charge in [-0.05, 0) is 26.3 Å². The predicted molar refractivity (Wildman–Crippen MR) is 98.0 cm³/mol. The van der Waals surface area contributed by atoms with Gasteiger partial charge >= 0.3 is 0 Å². The molecule has 0 fully saturated rings. The van der Waals surface area contributed by atoms with Gasteiger partial charge in [-0.1, -0.05) is 0 Å². The summed E-state index contributed by atoms with van der Waals surface area (Å²) in [6.07, 6.45) is 2.29. The Kier molecular flexibility index (Phi) is 5.59. The van der Waals surface area contributed by atoms with Gasteiger partial charge in [0.1, 0.15) is 12.3 Å². The van der Waals surface area contributed by atoms with Gasteiger partial charge in [-0.3, -0.25) is 19.4 Å². The van der Waals surface area contributed by atoms with Crippen LogP contribution in [0.4, 0.5) is 0 Å². The lowest BCUT2D eigenvalue weighted by Gasteiger charge is -2.28. The second-order valence-electron chi connectivity index (χ2n) is 7.14. The number of aromatic nitrogens is 4. The largest absolute Gasteiger partial charge is 0.365 e. The quantitative estimate of drug-likeness (QED) is 0.813. The summed E-state index contributed by atoms with van der Waals surface area (Å²) in [6, 6.07) is 1.84. The number of amides is 2. The Labute approximate surface area is 158 Å². The van der Waals surface area contributed by atoms with Gasteiger partial charge in [0.15, 0.2) is 0 Å². The van der Waals surface area contributed by atoms with Gasteiger partial charge in [-0.2, -0.15) is 10.2 Å². The molecule has 1 aliphatic heterocycles. The van der Waals surface area contributed by atoms with Crippen LogP contribution in [-0.2, 0) is 29.1 Å². The lowest BCUT2D eigenvalue weighted by molar-refractivity contribution is -0.134. The molecule has 146 valence electrons. The van der Waals surface area contributed by atoms with Crippen molar-refractivity contribution in [1.29, 1.82) is 0 Å². The number of fused-ring (bicyclic) bond motifs is 1. The number of rotatable bonds is 6. The number of hydrogen-bond acceptors (Lipinski definition) is 5. The van der Waals surface area contributed by atoms with Crippen LogP contribution in [0.5, 0.6) is 0 Å². The normalized spacial score (nSPS) is 13.7. The Hall–Kier alpha value is -2.68. The van der Waals surface area contributed by atoms with Crippen LogP contribution < -0.4 is 0 Å². The van der Waals surface area contributed by atoms with Gasteiger partial charge in [0.25, 0.3) is 5.91 Å². The standard InChI is InChI=1S/C18H26N6O3/c1-12(2)24-16-9-23(18(26)14-5-7-19-20-14)8-6-13(16)15(21-24)10-27-11-17(25)22(3)4/h5,7,12H,6,8-11H2,1-4H3,(H,19,20). The van der Waals surface area contributed by atoms with Crippen LogP contribution in [0.2, 0.25) is 0 Å². The van der Waals surface area contributed by atoms with E-state index in [0.29, 0.717) is 25.2 Å². The van der Waals surface area contributed by atoms with Gasteiger partial charge in [0, 0.05) is 38.4 Å². The van der Waals surface area contributed by atoms with Crippen molar-refractivity contribution in [1.82, 2.24) is 29.8 Å². The second kappa shape index (κ2) is 7.91. The first-order chi connectivity index (χ1) is 12.9. The highest BCUT2D eigenvalue weighted by atomic mass is 16.5. The maximum Gasteiger partial charge on any atom is 0.272 e. The molecule has 9 nitrogen and oxygen atoms in total. The highest BCUT2D eigenvalue weighted by Gasteiger charge is 2.29. The maximum atomic E-state index is 12.6. The Bertz CT molecular complexity index is 809. The number of aromatic amines is 1. The molecule has 0 bridgehead atoms. The van der Waals surface area contributed by atoms with Crippen LogP contribution in [0.1, 0.15) is 47.3 Å². The van der Waals surface area contributed by atoms with Crippen LogP contribution in [-0.4, -0.2) is 68.8 Å². The first-order valence-electron chi connectivity index (χ1n) is 9.04. The van der Waals surface area contributed by atoms with Gasteiger partial charge in [0.05, 0.1) is 24.5 Å². The molecule has 1 aliphatic rings. The van der Waals surface area contributed by atoms with Gasteiger partial charge in [0.2, 0.25) is 5.91 Å². The topological polar surface area (TPSA) is 96.4 Å². The summed E-state index contributed by atoms with van der Waals surface area (Å²) < 4.78 is 7.53. The molecule has 0 unspecified atom stereocenters. The highest BCUT2D eigenvalue weighted by molar-refractivity contribution is 5.92. The zero-order valence-corrected chi connectivity index (χ0v) is 16.2. The van der Waals surface area contributed by atoms with Crippen molar-refractivity contribution in [3.05, 3.63) is 34.9 Å². The van der Waals surface area contributed by atoms with Gasteiger partial charge in [-0.15, -0.1) is 0 Å². The molecular weight excluding hydrogens is 348 g/mol. The van der Waals surface area contributed by atoms with E-state index in [2.05, 4.69) is 24.0 Å². The summed E-state index contributed by atoms with van der Waals surface area (Å²) >= 11 is 0. The third-order valence-corrected chi connectivity index (χ3v) is 4.64. The number of nitrogens with one attached hydrogen (secondary N) is 1. The Morgan fingerprint density at radius 2 is 2.15 bits per heavy atom. The molecule has 2 amide bonds. The average molecular weight is 374 g/mol. The molecule has 9 heteroatoms. The number of carbonyl (C=O) groups is 2. The minimum atomic E-state index is -0.0801. The molecule has 2 aromatic heterocycles. The van der Waals surface area contributed by atoms with Crippen LogP contribution in [0.25, 0.3) is 0 Å². The first-order valence-corrected chi connectivity index (χ1v) is 9.04. The van der Waals surface area contributed by atoms with Crippen LogP contribution in [0.3, 0.4) is 0 Å². The molecule has 3 rings (SSSR count). The van der Waals surface area contributed by atoms with E-state index < -0.39 is 0 Å². The number of nitrogens with zero attached hydrogens (tertiary/aromatic N) is 5. The van der Waals surface area contributed by atoms with E-state index >= 15 is 0 Å². The third-order valence-electron chi connectivity index (χ3n) is 4.64. The molecule has 2 aromatic rings. The fourth-order valence-corrected chi connectivity index (χ4v) is 3.14. The smallest absolute Gasteiger partial charge is 0.272 e. The van der Waals surface area contributed by atoms with Crippen molar-refractivity contribution in [2.45, 2.75) is 39.5 Å². The van der Waals surface area contributed by atoms with Crippen LogP contribution in [0.15, 0.2) is 12.3 Å². The van der Waals surface area contributed by atoms with E-state index in [1.54, 1.807) is 31.3 Å². The van der Waals surface area contributed by atoms with Gasteiger partial charge < -0.3 is 14.5 Å². The fraction of sp³-hybridized carbons (Fsp3) is 0.556. The highest BCUT2D eigenvalue weighted by Crippen LogP contribution is 2.26. The molecule has 0 radical (unpaired) electrons. The van der Waals surface area contributed by atoms with E-state index in [0.717, 1.165) is 17.0 Å². The lowest BCUT2D eigenvalue weighted by Crippen LogP contribution is -2.37. The van der Waals surface area contributed by atoms with E-state index in [9.17, 15) is 9.59 Å². The van der Waals surface area contributed by atoms with Crippen LogP contribution in [0, 0.1) is 0 Å². The number of carbonyl (C=O) groups excluding carboxylic acids is 2. The van der Waals surface area contributed by atoms with Crippen molar-refractivity contribution in [2.24, 2.45) is 0 Å². The molecule has 0 aliphatic carbocycles. The molecule has 27 heavy (non-hydrogen) atoms. The second-order valence-corrected chi connectivity index (χ2v) is 7.14. The minimum Gasteiger partial charge on any atom is -0.365 e. The Morgan fingerprint density at radius 1 is 1.37 bits per heavy atom. The van der Waals surface area contributed by atoms with E-state index in [1.165, 1.54) is 4.90 Å². The zero-order valence-electron chi connectivity index (χ0n) is 16.2. The first kappa shape index (κ1) is 19.1. The number of hydrogen-bond donors (Lipinski definition) is 1. The number of H-pyrrole nitrogens is 1. The summed E-state index contributed by atoms with van der Waals surface area (Å²) in [5.41, 5.74) is 3.48. The summed E-state index contributed by atoms with van der Waals surface area (Å²) in [5.74, 6) is -0.146. The van der Waals surface area contributed by atoms with Crippen molar-refractivity contribution in [3.8, 4) is 0 Å². The number of ether oxygens (including phenoxy) is 1. The maximum absolute atomic E-state index is 12.6. The van der Waals surface area contributed by atoms with Crippen molar-refractivity contribution in [2.75, 3.05) is 27.2 Å². The molecule has 1 N–H and O–H groups in total. The summed E-state index contributed by atoms with van der Waals surface area (Å²) in [5, 5.41) is 11.3.